The summed E-state index contributed by atoms with van der Waals surface area (Å²) >= 11 is 6.05. The van der Waals surface area contributed by atoms with Gasteiger partial charge < -0.3 is 15.0 Å². The number of halogens is 1. The van der Waals surface area contributed by atoms with Crippen LogP contribution < -0.4 is 11.1 Å². The van der Waals surface area contributed by atoms with Gasteiger partial charge in [-0.15, -0.1) is 0 Å². The number of fused-ring (bicyclic) bond motifs is 1. The normalized spacial score (nSPS) is 11.6. The molecule has 0 saturated heterocycles. The number of nitrogens with one attached hydrogen (secondary N) is 1. The van der Waals surface area contributed by atoms with Crippen LogP contribution >= 0.6 is 11.6 Å². The van der Waals surface area contributed by atoms with Crippen molar-refractivity contribution in [3.63, 3.8) is 0 Å². The second-order valence-electron chi connectivity index (χ2n) is 5.03. The molecule has 1 aromatic heterocycles. The van der Waals surface area contributed by atoms with Gasteiger partial charge >= 0.3 is 6.09 Å². The van der Waals surface area contributed by atoms with Gasteiger partial charge in [0.25, 0.3) is 0 Å². The summed E-state index contributed by atoms with van der Waals surface area (Å²) in [6.07, 6.45) is -0.574. The van der Waals surface area contributed by atoms with E-state index in [2.05, 4.69) is 10.5 Å². The third kappa shape index (κ3) is 3.08. The highest BCUT2D eigenvalue weighted by Gasteiger charge is 2.17. The lowest BCUT2D eigenvalue weighted by atomic mass is 10.2. The molecule has 7 heteroatoms. The van der Waals surface area contributed by atoms with Crippen LogP contribution in [0.1, 0.15) is 20.8 Å². The molecule has 0 aliphatic rings. The maximum Gasteiger partial charge on any atom is 0.412 e. The molecule has 0 fully saturated rings. The summed E-state index contributed by atoms with van der Waals surface area (Å²) in [7, 11) is 0. The third-order valence-electron chi connectivity index (χ3n) is 2.20. The summed E-state index contributed by atoms with van der Waals surface area (Å²) < 4.78 is 10.1. The molecule has 1 heterocycles. The Labute approximate surface area is 114 Å². The van der Waals surface area contributed by atoms with E-state index in [1.165, 1.54) is 0 Å². The molecular weight excluding hydrogens is 270 g/mol. The summed E-state index contributed by atoms with van der Waals surface area (Å²) in [5.74, 6) is 0.212. The monoisotopic (exact) mass is 283 g/mol. The number of benzene rings is 1. The van der Waals surface area contributed by atoms with Gasteiger partial charge in [0.05, 0.1) is 10.4 Å². The predicted molar refractivity (Wildman–Crippen MR) is 73.3 cm³/mol. The quantitative estimate of drug-likeness (QED) is 0.837. The molecule has 0 bridgehead atoms. The molecule has 0 saturated carbocycles. The molecule has 0 unspecified atom stereocenters. The smallest absolute Gasteiger partial charge is 0.412 e. The zero-order valence-corrected chi connectivity index (χ0v) is 11.5. The molecule has 2 aromatic rings. The average Bonchev–Trinajstić information content (AvgIpc) is 2.57. The lowest BCUT2D eigenvalue weighted by Gasteiger charge is -2.19. The highest BCUT2D eigenvalue weighted by Crippen LogP contribution is 2.31. The van der Waals surface area contributed by atoms with Gasteiger partial charge in [0, 0.05) is 11.8 Å². The molecule has 102 valence electrons. The van der Waals surface area contributed by atoms with E-state index < -0.39 is 11.7 Å². The van der Waals surface area contributed by atoms with Crippen molar-refractivity contribution in [1.82, 2.24) is 5.16 Å². The number of nitrogens with zero attached hydrogens (tertiary/aromatic N) is 1. The van der Waals surface area contributed by atoms with Crippen molar-refractivity contribution in [2.24, 2.45) is 0 Å². The lowest BCUT2D eigenvalue weighted by molar-refractivity contribution is 0.0636. The van der Waals surface area contributed by atoms with Crippen LogP contribution in [0.3, 0.4) is 0 Å². The number of anilines is 2. The summed E-state index contributed by atoms with van der Waals surface area (Å²) in [6, 6.07) is 3.13. The van der Waals surface area contributed by atoms with Crippen molar-refractivity contribution in [2.45, 2.75) is 26.4 Å². The first-order valence-corrected chi connectivity index (χ1v) is 5.98. The fraction of sp³-hybridized carbons (Fsp3) is 0.333. The first kappa shape index (κ1) is 13.5. The van der Waals surface area contributed by atoms with Crippen molar-refractivity contribution in [1.29, 1.82) is 0 Å². The van der Waals surface area contributed by atoms with E-state index in [1.54, 1.807) is 32.9 Å². The second-order valence-corrected chi connectivity index (χ2v) is 5.43. The highest BCUT2D eigenvalue weighted by molar-refractivity contribution is 6.36. The predicted octanol–water partition coefficient (Wildman–Crippen LogP) is 3.41. The van der Waals surface area contributed by atoms with E-state index in [0.29, 0.717) is 21.7 Å². The first-order chi connectivity index (χ1) is 8.76. The molecule has 0 atom stereocenters. The van der Waals surface area contributed by atoms with Crippen LogP contribution in [0.15, 0.2) is 16.7 Å². The topological polar surface area (TPSA) is 90.4 Å². The van der Waals surface area contributed by atoms with Gasteiger partial charge in [-0.3, -0.25) is 5.32 Å². The fourth-order valence-electron chi connectivity index (χ4n) is 1.54. The van der Waals surface area contributed by atoms with Crippen LogP contribution in [0.4, 0.5) is 16.3 Å². The van der Waals surface area contributed by atoms with E-state index in [-0.39, 0.29) is 5.82 Å². The molecule has 19 heavy (non-hydrogen) atoms. The minimum absolute atomic E-state index is 0.212. The zero-order chi connectivity index (χ0) is 14.2. The van der Waals surface area contributed by atoms with Crippen LogP contribution in [0.2, 0.25) is 5.02 Å². The Kier molecular flexibility index (Phi) is 3.28. The van der Waals surface area contributed by atoms with Crippen LogP contribution in [0.5, 0.6) is 0 Å². The van der Waals surface area contributed by atoms with E-state index >= 15 is 0 Å². The van der Waals surface area contributed by atoms with E-state index in [4.69, 9.17) is 26.6 Å². The molecule has 1 amide bonds. The number of rotatable bonds is 1. The second kappa shape index (κ2) is 4.62. The van der Waals surface area contributed by atoms with E-state index in [1.807, 2.05) is 0 Å². The molecule has 0 aliphatic heterocycles. The van der Waals surface area contributed by atoms with Crippen molar-refractivity contribution < 1.29 is 14.1 Å². The SMILES string of the molecule is CC(C)(C)OC(=O)Nc1cc(Cl)c2c(N)noc2c1. The summed E-state index contributed by atoms with van der Waals surface area (Å²) in [5.41, 5.74) is 5.88. The number of aromatic nitrogens is 1. The molecule has 0 spiro atoms. The van der Waals surface area contributed by atoms with Crippen molar-refractivity contribution in [3.8, 4) is 0 Å². The van der Waals surface area contributed by atoms with Crippen LogP contribution in [0, 0.1) is 0 Å². The molecule has 0 radical (unpaired) electrons. The number of carbonyl (C=O) groups excluding carboxylic acids is 1. The third-order valence-corrected chi connectivity index (χ3v) is 2.50. The number of hydrogen-bond acceptors (Lipinski definition) is 5. The number of nitrogen functional groups attached to an aromatic ring is 1. The number of amides is 1. The molecule has 0 aliphatic carbocycles. The number of ether oxygens (including phenoxy) is 1. The maximum absolute atomic E-state index is 11.6. The van der Waals surface area contributed by atoms with Crippen molar-refractivity contribution in [2.75, 3.05) is 11.1 Å². The summed E-state index contributed by atoms with van der Waals surface area (Å²) in [6.45, 7) is 5.33. The number of nitrogens with two attached hydrogens (primary N) is 1. The Morgan fingerprint density at radius 2 is 2.16 bits per heavy atom. The minimum Gasteiger partial charge on any atom is -0.444 e. The van der Waals surface area contributed by atoms with E-state index in [0.717, 1.165) is 0 Å². The Bertz CT molecular complexity index is 631. The zero-order valence-electron chi connectivity index (χ0n) is 10.8. The van der Waals surface area contributed by atoms with Gasteiger partial charge in [0.15, 0.2) is 11.4 Å². The number of hydrogen-bond donors (Lipinski definition) is 2. The van der Waals surface area contributed by atoms with Crippen LogP contribution in [0.25, 0.3) is 11.0 Å². The molecule has 2 rings (SSSR count). The largest absolute Gasteiger partial charge is 0.444 e. The van der Waals surface area contributed by atoms with Crippen LogP contribution in [-0.2, 0) is 4.74 Å². The Morgan fingerprint density at radius 3 is 2.79 bits per heavy atom. The van der Waals surface area contributed by atoms with E-state index in [9.17, 15) is 4.79 Å². The van der Waals surface area contributed by atoms with Gasteiger partial charge in [0.1, 0.15) is 5.60 Å². The Morgan fingerprint density at radius 1 is 1.47 bits per heavy atom. The van der Waals surface area contributed by atoms with Gasteiger partial charge in [-0.1, -0.05) is 16.8 Å². The van der Waals surface area contributed by atoms with Crippen LogP contribution in [-0.4, -0.2) is 16.9 Å². The average molecular weight is 284 g/mol. The molecule has 6 nitrogen and oxygen atoms in total. The molecule has 1 aromatic carbocycles. The standard InChI is InChI=1S/C12H14ClN3O3/c1-12(2,3)18-11(17)15-6-4-7(13)9-8(5-6)19-16-10(9)14/h4-5H,1-3H3,(H2,14,16)(H,15,17). The number of carbonyl (C=O) groups is 1. The summed E-state index contributed by atoms with van der Waals surface area (Å²) in [5, 5.41) is 7.05. The molecule has 3 N–H and O–H groups in total. The molecular formula is C12H14ClN3O3. The van der Waals surface area contributed by atoms with Crippen molar-refractivity contribution in [3.05, 3.63) is 17.2 Å². The summed E-state index contributed by atoms with van der Waals surface area (Å²) in [4.78, 5) is 11.6. The highest BCUT2D eigenvalue weighted by atomic mass is 35.5. The van der Waals surface area contributed by atoms with Gasteiger partial charge in [-0.2, -0.15) is 0 Å². The van der Waals surface area contributed by atoms with Gasteiger partial charge in [0.2, 0.25) is 0 Å². The Balaban J connectivity index is 2.25. The van der Waals surface area contributed by atoms with Crippen molar-refractivity contribution >= 4 is 40.2 Å². The van der Waals surface area contributed by atoms with Gasteiger partial charge in [-0.05, 0) is 26.8 Å². The minimum atomic E-state index is -0.575. The Hall–Kier alpha value is -1.95. The van der Waals surface area contributed by atoms with Gasteiger partial charge in [-0.25, -0.2) is 4.79 Å². The fourth-order valence-corrected chi connectivity index (χ4v) is 1.85. The first-order valence-electron chi connectivity index (χ1n) is 5.61. The maximum atomic E-state index is 11.6. The lowest BCUT2D eigenvalue weighted by Crippen LogP contribution is -2.27.